The van der Waals surface area contributed by atoms with E-state index in [1.807, 2.05) is 0 Å². The van der Waals surface area contributed by atoms with Crippen molar-refractivity contribution >= 4 is 18.7 Å². The van der Waals surface area contributed by atoms with Gasteiger partial charge in [-0.05, 0) is 18.3 Å². The van der Waals surface area contributed by atoms with E-state index in [2.05, 4.69) is 19.6 Å². The predicted molar refractivity (Wildman–Crippen MR) is 33.2 cm³/mol. The number of hydrogen-bond acceptors (Lipinski definition) is 2. The molecule has 2 nitrogen and oxygen atoms in total. The third-order valence-corrected chi connectivity index (χ3v) is 0.671. The maximum Gasteiger partial charge on any atom is -0.0101 e. The Labute approximate surface area is 48.8 Å². The summed E-state index contributed by atoms with van der Waals surface area (Å²) in [5, 5.41) is 6.76. The Hall–Kier alpha value is -0.270. The van der Waals surface area contributed by atoms with Gasteiger partial charge in [0, 0.05) is 0 Å². The lowest BCUT2D eigenvalue weighted by atomic mass is 10.6. The van der Waals surface area contributed by atoms with Crippen molar-refractivity contribution in [2.45, 2.75) is 13.3 Å². The first-order valence-corrected chi connectivity index (χ1v) is 2.58. The van der Waals surface area contributed by atoms with E-state index in [4.69, 9.17) is 10.2 Å². The molecule has 0 rings (SSSR count). The third kappa shape index (κ3) is 150. The van der Waals surface area contributed by atoms with Crippen LogP contribution in [0.5, 0.6) is 0 Å². The van der Waals surface area contributed by atoms with Crippen LogP contribution in [0.25, 0.3) is 5.41 Å². The lowest BCUT2D eigenvalue weighted by Gasteiger charge is -1.67. The van der Waals surface area contributed by atoms with E-state index in [9.17, 15) is 0 Å². The molecule has 0 aromatic carbocycles. The third-order valence-electron chi connectivity index (χ3n) is 0.224. The standard InChI is InChI=1S/C3H8S.CNO/c1-2-3-4;2-1-3/h4H,2-3H2,1H3;/q;-1. The van der Waals surface area contributed by atoms with E-state index in [0.717, 1.165) is 5.75 Å². The van der Waals surface area contributed by atoms with Gasteiger partial charge >= 0.3 is 0 Å². The molecule has 0 unspecified atom stereocenters. The van der Waals surface area contributed by atoms with Crippen LogP contribution in [0.4, 0.5) is 0 Å². The molecule has 0 atom stereocenters. The lowest BCUT2D eigenvalue weighted by molar-refractivity contribution is 0.569. The molecule has 3 heteroatoms. The molecule has 0 amide bonds. The second kappa shape index (κ2) is 17.2. The molecule has 0 aromatic heterocycles. The molecule has 0 aliphatic rings. The van der Waals surface area contributed by atoms with Gasteiger partial charge in [-0.15, -0.1) is 0 Å². The van der Waals surface area contributed by atoms with E-state index >= 15 is 0 Å². The van der Waals surface area contributed by atoms with Gasteiger partial charge in [-0.2, -0.15) is 12.6 Å². The largest absolute Gasteiger partial charge is 0.724 e. The van der Waals surface area contributed by atoms with Crippen molar-refractivity contribution in [1.29, 1.82) is 0 Å². The number of thiol groups is 1. The van der Waals surface area contributed by atoms with Gasteiger partial charge in [0.2, 0.25) is 0 Å². The quantitative estimate of drug-likeness (QED) is 0.314. The second-order valence-electron chi connectivity index (χ2n) is 0.815. The molecule has 0 saturated carbocycles. The van der Waals surface area contributed by atoms with Crippen LogP contribution in [0, 0.1) is 0 Å². The number of isocyanates is 1. The van der Waals surface area contributed by atoms with Crippen LogP contribution in [0.15, 0.2) is 0 Å². The molecular formula is C4H8NOS-. The predicted octanol–water partition coefficient (Wildman–Crippen LogP) is 1.22. The maximum absolute atomic E-state index is 8.24. The van der Waals surface area contributed by atoms with E-state index in [1.165, 1.54) is 6.42 Å². The molecule has 42 valence electrons. The molecule has 0 N–H and O–H groups in total. The molecule has 0 bridgehead atoms. The summed E-state index contributed by atoms with van der Waals surface area (Å²) in [6, 6.07) is 0. The van der Waals surface area contributed by atoms with Crippen LogP contribution in [-0.4, -0.2) is 11.8 Å². The molecule has 0 radical (unpaired) electrons. The number of hydrogen-bond donors (Lipinski definition) is 1. The Morgan fingerprint density at radius 1 is 1.86 bits per heavy atom. The number of carbonyl (C=O) groups excluding carboxylic acids is 1. The summed E-state index contributed by atoms with van der Waals surface area (Å²) < 4.78 is 0. The van der Waals surface area contributed by atoms with Gasteiger partial charge in [0.1, 0.15) is 0 Å². The van der Waals surface area contributed by atoms with Crippen molar-refractivity contribution in [2.75, 3.05) is 5.75 Å². The maximum atomic E-state index is 8.24. The molecule has 0 saturated heterocycles. The summed E-state index contributed by atoms with van der Waals surface area (Å²) in [6.07, 6.45) is 1.68. The highest BCUT2D eigenvalue weighted by molar-refractivity contribution is 7.80. The smallest absolute Gasteiger partial charge is 0.0101 e. The van der Waals surface area contributed by atoms with Gasteiger partial charge in [-0.25, -0.2) is 0 Å². The van der Waals surface area contributed by atoms with Crippen LogP contribution < -0.4 is 0 Å². The van der Waals surface area contributed by atoms with Gasteiger partial charge in [0.05, 0.1) is 0 Å². The highest BCUT2D eigenvalue weighted by Crippen LogP contribution is 1.74. The Morgan fingerprint density at radius 2 is 2.00 bits per heavy atom. The number of rotatable bonds is 1. The fraction of sp³-hybridized carbons (Fsp3) is 0.750. The summed E-state index contributed by atoms with van der Waals surface area (Å²) in [5.74, 6) is 1.01. The first-order valence-electron chi connectivity index (χ1n) is 1.95. The zero-order chi connectivity index (χ0) is 6.12. The summed E-state index contributed by atoms with van der Waals surface area (Å²) >= 11 is 3.92. The van der Waals surface area contributed by atoms with Crippen molar-refractivity contribution in [3.8, 4) is 0 Å². The minimum Gasteiger partial charge on any atom is -0.724 e. The molecular weight excluding hydrogens is 110 g/mol. The van der Waals surface area contributed by atoms with Crippen molar-refractivity contribution in [2.24, 2.45) is 0 Å². The monoisotopic (exact) mass is 118 g/mol. The molecule has 0 aliphatic heterocycles. The molecule has 7 heavy (non-hydrogen) atoms. The molecule has 0 fully saturated rings. The summed E-state index contributed by atoms with van der Waals surface area (Å²) in [7, 11) is 0. The second-order valence-corrected chi connectivity index (χ2v) is 1.26. The van der Waals surface area contributed by atoms with E-state index in [0.29, 0.717) is 6.08 Å². The minimum absolute atomic E-state index is 0.500. The van der Waals surface area contributed by atoms with Crippen LogP contribution in [0.2, 0.25) is 0 Å². The Bertz CT molecular complexity index is 47.7. The summed E-state index contributed by atoms with van der Waals surface area (Å²) in [5.41, 5.74) is 0. The lowest BCUT2D eigenvalue weighted by Crippen LogP contribution is -1.56. The molecule has 0 heterocycles. The zero-order valence-electron chi connectivity index (χ0n) is 4.22. The van der Waals surface area contributed by atoms with Crippen LogP contribution in [0.3, 0.4) is 0 Å². The van der Waals surface area contributed by atoms with Gasteiger partial charge in [0.25, 0.3) is 0 Å². The van der Waals surface area contributed by atoms with Gasteiger partial charge in [-0.3, -0.25) is 4.79 Å². The van der Waals surface area contributed by atoms with E-state index in [-0.39, 0.29) is 0 Å². The highest BCUT2D eigenvalue weighted by atomic mass is 32.1. The van der Waals surface area contributed by atoms with E-state index in [1.54, 1.807) is 0 Å². The van der Waals surface area contributed by atoms with Crippen molar-refractivity contribution in [3.05, 3.63) is 5.41 Å². The molecule has 0 spiro atoms. The fourth-order valence-corrected chi connectivity index (χ4v) is 0. The topological polar surface area (TPSA) is 39.4 Å². The first kappa shape index (κ1) is 9.88. The van der Waals surface area contributed by atoms with E-state index < -0.39 is 0 Å². The Kier molecular flexibility index (Phi) is 24.3. The SMILES string of the molecule is CCCS.[N-]=C=O. The normalized spacial score (nSPS) is 5.43. The highest BCUT2D eigenvalue weighted by Gasteiger charge is 1.57. The van der Waals surface area contributed by atoms with Gasteiger partial charge in [-0.1, -0.05) is 6.92 Å². The van der Waals surface area contributed by atoms with Gasteiger partial charge < -0.3 is 5.41 Å². The van der Waals surface area contributed by atoms with Crippen LogP contribution in [0.1, 0.15) is 13.3 Å². The summed E-state index contributed by atoms with van der Waals surface area (Å²) in [4.78, 5) is 8.24. The summed E-state index contributed by atoms with van der Waals surface area (Å²) in [6.45, 7) is 2.10. The molecule has 0 aromatic rings. The number of nitrogens with zero attached hydrogens (tertiary/aromatic N) is 1. The van der Waals surface area contributed by atoms with Crippen molar-refractivity contribution in [3.63, 3.8) is 0 Å². The average Bonchev–Trinajstić information content (AvgIpc) is 1.69. The fourth-order valence-electron chi connectivity index (χ4n) is 0. The van der Waals surface area contributed by atoms with Crippen molar-refractivity contribution < 1.29 is 4.79 Å². The average molecular weight is 118 g/mol. The van der Waals surface area contributed by atoms with Crippen LogP contribution >= 0.6 is 12.6 Å². The van der Waals surface area contributed by atoms with Crippen molar-refractivity contribution in [1.82, 2.24) is 0 Å². The Morgan fingerprint density at radius 3 is 2.00 bits per heavy atom. The van der Waals surface area contributed by atoms with Gasteiger partial charge in [0.15, 0.2) is 0 Å². The van der Waals surface area contributed by atoms with Crippen LogP contribution in [-0.2, 0) is 4.79 Å². The Balaban J connectivity index is 0. The first-order chi connectivity index (χ1) is 3.33. The zero-order valence-corrected chi connectivity index (χ0v) is 5.11. The minimum atomic E-state index is 0.500. The molecule has 0 aliphatic carbocycles.